The molecule has 4 aromatic rings. The van der Waals surface area contributed by atoms with Crippen LogP contribution in [0.1, 0.15) is 10.4 Å². The van der Waals surface area contributed by atoms with E-state index in [1.807, 2.05) is 79.0 Å². The van der Waals surface area contributed by atoms with Crippen LogP contribution in [0.15, 0.2) is 91.1 Å². The molecule has 0 spiro atoms. The molecule has 110 valence electrons. The Bertz CT molecular complexity index is 966. The van der Waals surface area contributed by atoms with Crippen molar-refractivity contribution in [1.82, 2.24) is 4.57 Å². The number of fused-ring (bicyclic) bond motifs is 1. The third-order valence-corrected chi connectivity index (χ3v) is 4.06. The summed E-state index contributed by atoms with van der Waals surface area (Å²) >= 11 is 0. The van der Waals surface area contributed by atoms with Gasteiger partial charge in [0.2, 0.25) is 0 Å². The highest BCUT2D eigenvalue weighted by Gasteiger charge is 2.11. The lowest BCUT2D eigenvalue weighted by atomic mass is 10.0. The molecule has 2 heteroatoms. The van der Waals surface area contributed by atoms with Crippen molar-refractivity contribution in [3.05, 3.63) is 96.7 Å². The lowest BCUT2D eigenvalue weighted by Crippen LogP contribution is -2.10. The minimum atomic E-state index is -0.00851. The Morgan fingerprint density at radius 1 is 0.652 bits per heavy atom. The van der Waals surface area contributed by atoms with Gasteiger partial charge < -0.3 is 0 Å². The van der Waals surface area contributed by atoms with Crippen LogP contribution in [0.3, 0.4) is 0 Å². The van der Waals surface area contributed by atoms with Gasteiger partial charge in [-0.05, 0) is 35.4 Å². The highest BCUT2D eigenvalue weighted by molar-refractivity contribution is 6.02. The summed E-state index contributed by atoms with van der Waals surface area (Å²) in [5, 5.41) is 1.07. The monoisotopic (exact) mass is 297 g/mol. The van der Waals surface area contributed by atoms with Crippen LogP contribution in [-0.4, -0.2) is 10.5 Å². The largest absolute Gasteiger partial charge is 0.283 e. The summed E-state index contributed by atoms with van der Waals surface area (Å²) in [4.78, 5) is 12.7. The molecule has 0 radical (unpaired) electrons. The van der Waals surface area contributed by atoms with E-state index >= 15 is 0 Å². The summed E-state index contributed by atoms with van der Waals surface area (Å²) in [6, 6.07) is 27.8. The average molecular weight is 297 g/mol. The summed E-state index contributed by atoms with van der Waals surface area (Å²) in [6.07, 6.45) is 1.83. The van der Waals surface area contributed by atoms with Crippen LogP contribution in [0.4, 0.5) is 0 Å². The highest BCUT2D eigenvalue weighted by atomic mass is 16.2. The first-order valence-corrected chi connectivity index (χ1v) is 7.59. The molecule has 0 unspecified atom stereocenters. The van der Waals surface area contributed by atoms with Crippen molar-refractivity contribution in [3.8, 4) is 11.1 Å². The summed E-state index contributed by atoms with van der Waals surface area (Å²) in [5.41, 5.74) is 3.88. The molecule has 0 saturated carbocycles. The van der Waals surface area contributed by atoms with Crippen LogP contribution in [0, 0.1) is 0 Å². The van der Waals surface area contributed by atoms with Crippen LogP contribution in [0.5, 0.6) is 0 Å². The van der Waals surface area contributed by atoms with Gasteiger partial charge in [-0.1, -0.05) is 60.7 Å². The number of nitrogens with zero attached hydrogens (tertiary/aromatic N) is 1. The molecule has 0 saturated heterocycles. The second-order valence-electron chi connectivity index (χ2n) is 5.49. The first kappa shape index (κ1) is 13.5. The second kappa shape index (κ2) is 5.58. The van der Waals surface area contributed by atoms with Crippen LogP contribution >= 0.6 is 0 Å². The number of aromatic nitrogens is 1. The molecule has 4 rings (SSSR count). The molecule has 0 aliphatic carbocycles. The quantitative estimate of drug-likeness (QED) is 0.510. The number of hydrogen-bond donors (Lipinski definition) is 0. The van der Waals surface area contributed by atoms with Crippen molar-refractivity contribution >= 4 is 16.8 Å². The SMILES string of the molecule is O=C(c1ccc(-c2ccccc2)cc1)n1ccc2ccccc21. The molecular formula is C21H15NO. The average Bonchev–Trinajstić information content (AvgIpc) is 3.06. The Morgan fingerprint density at radius 2 is 1.30 bits per heavy atom. The number of hydrogen-bond acceptors (Lipinski definition) is 1. The Kier molecular flexibility index (Phi) is 3.28. The van der Waals surface area contributed by atoms with Crippen molar-refractivity contribution in [2.24, 2.45) is 0 Å². The van der Waals surface area contributed by atoms with Gasteiger partial charge >= 0.3 is 0 Å². The minimum Gasteiger partial charge on any atom is -0.283 e. The lowest BCUT2D eigenvalue weighted by molar-refractivity contribution is 0.0965. The molecule has 0 aliphatic rings. The van der Waals surface area contributed by atoms with Crippen molar-refractivity contribution in [3.63, 3.8) is 0 Å². The van der Waals surface area contributed by atoms with Gasteiger partial charge in [-0.2, -0.15) is 0 Å². The number of rotatable bonds is 2. The fraction of sp³-hybridized carbons (Fsp3) is 0. The summed E-state index contributed by atoms with van der Waals surface area (Å²) in [6.45, 7) is 0. The fourth-order valence-corrected chi connectivity index (χ4v) is 2.84. The zero-order valence-electron chi connectivity index (χ0n) is 12.5. The summed E-state index contributed by atoms with van der Waals surface area (Å²) < 4.78 is 1.70. The van der Waals surface area contributed by atoms with Crippen LogP contribution < -0.4 is 0 Å². The highest BCUT2D eigenvalue weighted by Crippen LogP contribution is 2.21. The first-order valence-electron chi connectivity index (χ1n) is 7.59. The second-order valence-corrected chi connectivity index (χ2v) is 5.49. The molecule has 1 heterocycles. The molecular weight excluding hydrogens is 282 g/mol. The van der Waals surface area contributed by atoms with Gasteiger partial charge in [-0.3, -0.25) is 9.36 Å². The maximum Gasteiger partial charge on any atom is 0.262 e. The first-order chi connectivity index (χ1) is 11.3. The Hall–Kier alpha value is -3.13. The predicted octanol–water partition coefficient (Wildman–Crippen LogP) is 5.00. The molecule has 23 heavy (non-hydrogen) atoms. The topological polar surface area (TPSA) is 22.0 Å². The molecule has 0 aliphatic heterocycles. The van der Waals surface area contributed by atoms with Gasteiger partial charge in [0.05, 0.1) is 5.52 Å². The Balaban J connectivity index is 1.69. The number of benzene rings is 3. The third kappa shape index (κ3) is 2.44. The fourth-order valence-electron chi connectivity index (χ4n) is 2.84. The van der Waals surface area contributed by atoms with Crippen LogP contribution in [0.25, 0.3) is 22.0 Å². The summed E-state index contributed by atoms with van der Waals surface area (Å²) in [7, 11) is 0. The van der Waals surface area contributed by atoms with E-state index < -0.39 is 0 Å². The normalized spacial score (nSPS) is 10.8. The Morgan fingerprint density at radius 3 is 2.09 bits per heavy atom. The predicted molar refractivity (Wildman–Crippen MR) is 93.5 cm³/mol. The van der Waals surface area contributed by atoms with Gasteiger partial charge in [0.15, 0.2) is 0 Å². The number of para-hydroxylation sites is 1. The number of carbonyl (C=O) groups is 1. The van der Waals surface area contributed by atoms with Gasteiger partial charge in [0.25, 0.3) is 5.91 Å². The maximum absolute atomic E-state index is 12.7. The molecule has 0 amide bonds. The smallest absolute Gasteiger partial charge is 0.262 e. The van der Waals surface area contributed by atoms with E-state index in [1.54, 1.807) is 4.57 Å². The van der Waals surface area contributed by atoms with Gasteiger partial charge in [0.1, 0.15) is 0 Å². The Labute approximate surface area is 134 Å². The number of carbonyl (C=O) groups excluding carboxylic acids is 1. The van der Waals surface area contributed by atoms with Gasteiger partial charge in [0, 0.05) is 17.1 Å². The third-order valence-electron chi connectivity index (χ3n) is 4.06. The zero-order chi connectivity index (χ0) is 15.6. The van der Waals surface area contributed by atoms with E-state index in [4.69, 9.17) is 0 Å². The molecule has 1 aromatic heterocycles. The molecule has 0 N–H and O–H groups in total. The molecule has 3 aromatic carbocycles. The van der Waals surface area contributed by atoms with Crippen LogP contribution in [0.2, 0.25) is 0 Å². The van der Waals surface area contributed by atoms with E-state index in [2.05, 4.69) is 12.1 Å². The standard InChI is InChI=1S/C21H15NO/c23-21(22-15-14-18-8-4-5-9-20(18)22)19-12-10-17(11-13-19)16-6-2-1-3-7-16/h1-15H. The van der Waals surface area contributed by atoms with Crippen molar-refractivity contribution in [2.45, 2.75) is 0 Å². The summed E-state index contributed by atoms with van der Waals surface area (Å²) in [5.74, 6) is -0.00851. The molecule has 0 fully saturated rings. The van der Waals surface area contributed by atoms with Crippen molar-refractivity contribution in [1.29, 1.82) is 0 Å². The maximum atomic E-state index is 12.7. The molecule has 0 bridgehead atoms. The van der Waals surface area contributed by atoms with E-state index in [0.29, 0.717) is 5.56 Å². The van der Waals surface area contributed by atoms with Crippen molar-refractivity contribution < 1.29 is 4.79 Å². The van der Waals surface area contributed by atoms with E-state index in [1.165, 1.54) is 0 Å². The van der Waals surface area contributed by atoms with E-state index in [0.717, 1.165) is 22.0 Å². The van der Waals surface area contributed by atoms with Gasteiger partial charge in [-0.15, -0.1) is 0 Å². The minimum absolute atomic E-state index is 0.00851. The zero-order valence-corrected chi connectivity index (χ0v) is 12.5. The lowest BCUT2D eigenvalue weighted by Gasteiger charge is -2.06. The van der Waals surface area contributed by atoms with E-state index in [9.17, 15) is 4.79 Å². The molecule has 0 atom stereocenters. The molecule has 2 nitrogen and oxygen atoms in total. The van der Waals surface area contributed by atoms with Crippen molar-refractivity contribution in [2.75, 3.05) is 0 Å². The van der Waals surface area contributed by atoms with Crippen LogP contribution in [-0.2, 0) is 0 Å². The van der Waals surface area contributed by atoms with E-state index in [-0.39, 0.29) is 5.91 Å². The van der Waals surface area contributed by atoms with Gasteiger partial charge in [-0.25, -0.2) is 0 Å².